The fraction of sp³-hybridized carbons (Fsp3) is 0.172. The molecule has 4 rings (SSSR count). The third kappa shape index (κ3) is 8.77. The molecule has 0 aliphatic rings. The van der Waals surface area contributed by atoms with Crippen LogP contribution in [0.2, 0.25) is 0 Å². The van der Waals surface area contributed by atoms with Crippen molar-refractivity contribution in [3.05, 3.63) is 120 Å². The zero-order chi connectivity index (χ0) is 23.4. The molecular formula is C29H30KN3O2. The predicted octanol–water partition coefficient (Wildman–Crippen LogP) is 3.57. The molecule has 0 saturated carbocycles. The molecule has 0 spiro atoms. The maximum atomic E-state index is 6.14. The van der Waals surface area contributed by atoms with Crippen LogP contribution in [0.3, 0.4) is 0 Å². The van der Waals surface area contributed by atoms with E-state index in [9.17, 15) is 0 Å². The van der Waals surface area contributed by atoms with Gasteiger partial charge in [-0.2, -0.15) is 0 Å². The first kappa shape index (κ1) is 27.4. The van der Waals surface area contributed by atoms with Crippen molar-refractivity contribution in [2.45, 2.75) is 19.6 Å². The van der Waals surface area contributed by atoms with Crippen LogP contribution in [0.5, 0.6) is 11.5 Å². The maximum Gasteiger partial charge on any atom is 1.00 e. The van der Waals surface area contributed by atoms with E-state index < -0.39 is 0 Å². The van der Waals surface area contributed by atoms with E-state index in [0.717, 1.165) is 45.9 Å². The number of nitrogens with one attached hydrogen (secondary N) is 1. The first-order valence-electron chi connectivity index (χ1n) is 11.5. The van der Waals surface area contributed by atoms with Crippen LogP contribution in [0.1, 0.15) is 17.5 Å². The molecule has 0 heterocycles. The average molecular weight is 492 g/mol. The number of rotatable bonds is 12. The zero-order valence-electron chi connectivity index (χ0n) is 20.2. The van der Waals surface area contributed by atoms with Crippen LogP contribution >= 0.6 is 0 Å². The molecule has 5 nitrogen and oxygen atoms in total. The summed E-state index contributed by atoms with van der Waals surface area (Å²) < 4.78 is 11.8. The van der Waals surface area contributed by atoms with E-state index in [1.54, 1.807) is 0 Å². The molecule has 0 atom stereocenters. The fourth-order valence-electron chi connectivity index (χ4n) is 3.47. The minimum atomic E-state index is 0. The second-order valence-electron chi connectivity index (χ2n) is 7.91. The van der Waals surface area contributed by atoms with Crippen molar-refractivity contribution in [3.63, 3.8) is 0 Å². The summed E-state index contributed by atoms with van der Waals surface area (Å²) in [6, 6.07) is 34.5. The number of para-hydroxylation sites is 1. The van der Waals surface area contributed by atoms with E-state index in [4.69, 9.17) is 15.2 Å². The quantitative estimate of drug-likeness (QED) is 0.181. The fourth-order valence-corrected chi connectivity index (χ4v) is 3.47. The number of hydrogen-bond acceptors (Lipinski definition) is 4. The van der Waals surface area contributed by atoms with Crippen LogP contribution in [0.15, 0.2) is 103 Å². The van der Waals surface area contributed by atoms with Crippen molar-refractivity contribution < 1.29 is 60.9 Å². The molecule has 6 heteroatoms. The van der Waals surface area contributed by atoms with Crippen molar-refractivity contribution in [2.24, 2.45) is 5.73 Å². The number of anilines is 1. The third-order valence-corrected chi connectivity index (χ3v) is 5.33. The SMILES string of the molecule is NCCCOc1ccc(C[N-]Nc2ccc(COc3ccccc3-c3ccccc3)cc2)cc1.[K+]. The van der Waals surface area contributed by atoms with Crippen LogP contribution in [0.25, 0.3) is 16.6 Å². The van der Waals surface area contributed by atoms with Gasteiger partial charge in [0, 0.05) is 11.3 Å². The minimum Gasteiger partial charge on any atom is -0.567 e. The summed E-state index contributed by atoms with van der Waals surface area (Å²) in [5.74, 6) is 1.73. The molecule has 0 unspecified atom stereocenters. The third-order valence-electron chi connectivity index (χ3n) is 5.33. The summed E-state index contributed by atoms with van der Waals surface area (Å²) in [7, 11) is 0. The van der Waals surface area contributed by atoms with Crippen LogP contribution in [0, 0.1) is 0 Å². The van der Waals surface area contributed by atoms with Gasteiger partial charge in [0.15, 0.2) is 0 Å². The topological polar surface area (TPSA) is 70.6 Å². The van der Waals surface area contributed by atoms with E-state index in [2.05, 4.69) is 41.2 Å². The van der Waals surface area contributed by atoms with E-state index in [1.165, 1.54) is 0 Å². The first-order chi connectivity index (χ1) is 16.8. The first-order valence-corrected chi connectivity index (χ1v) is 11.5. The van der Waals surface area contributed by atoms with Gasteiger partial charge in [0.2, 0.25) is 0 Å². The van der Waals surface area contributed by atoms with Gasteiger partial charge in [0.1, 0.15) is 18.1 Å². The number of hydrogen-bond donors (Lipinski definition) is 2. The van der Waals surface area contributed by atoms with Crippen molar-refractivity contribution in [2.75, 3.05) is 18.6 Å². The minimum absolute atomic E-state index is 0. The molecule has 0 bridgehead atoms. The van der Waals surface area contributed by atoms with E-state index >= 15 is 0 Å². The van der Waals surface area contributed by atoms with Gasteiger partial charge in [-0.25, -0.2) is 0 Å². The summed E-state index contributed by atoms with van der Waals surface area (Å²) in [6.07, 6.45) is 0.854. The molecule has 4 aromatic rings. The molecule has 35 heavy (non-hydrogen) atoms. The summed E-state index contributed by atoms with van der Waals surface area (Å²) in [5, 5.41) is 0. The summed E-state index contributed by atoms with van der Waals surface area (Å²) in [5.41, 5.74) is 18.4. The second-order valence-corrected chi connectivity index (χ2v) is 7.91. The Morgan fingerprint density at radius 1 is 0.714 bits per heavy atom. The Bertz CT molecular complexity index is 1140. The Morgan fingerprint density at radius 2 is 1.40 bits per heavy atom. The second kappa shape index (κ2) is 15.1. The van der Waals surface area contributed by atoms with Gasteiger partial charge >= 0.3 is 51.4 Å². The van der Waals surface area contributed by atoms with Gasteiger partial charge in [-0.1, -0.05) is 78.4 Å². The summed E-state index contributed by atoms with van der Waals surface area (Å²) in [4.78, 5) is 0. The average Bonchev–Trinajstić information content (AvgIpc) is 2.90. The number of benzene rings is 4. The Labute approximate surface area is 250 Å². The van der Waals surface area contributed by atoms with Gasteiger partial charge in [0.05, 0.1) is 6.61 Å². The van der Waals surface area contributed by atoms with Crippen molar-refractivity contribution in [3.8, 4) is 22.6 Å². The predicted molar refractivity (Wildman–Crippen MR) is 139 cm³/mol. The molecule has 0 aliphatic heterocycles. The molecule has 0 aliphatic carbocycles. The van der Waals surface area contributed by atoms with Gasteiger partial charge in [0.25, 0.3) is 0 Å². The smallest absolute Gasteiger partial charge is 0.567 e. The van der Waals surface area contributed by atoms with Crippen molar-refractivity contribution >= 4 is 5.69 Å². The Hall–Kier alpha value is -2.16. The van der Waals surface area contributed by atoms with E-state index in [-0.39, 0.29) is 51.4 Å². The van der Waals surface area contributed by atoms with Gasteiger partial charge < -0.3 is 26.1 Å². The molecule has 0 aromatic heterocycles. The Balaban J connectivity index is 0.00000342. The van der Waals surface area contributed by atoms with E-state index in [1.807, 2.05) is 72.8 Å². The molecule has 0 radical (unpaired) electrons. The molecule has 4 aromatic carbocycles. The van der Waals surface area contributed by atoms with Crippen LogP contribution in [-0.2, 0) is 13.2 Å². The molecular weight excluding hydrogens is 461 g/mol. The molecule has 174 valence electrons. The number of ether oxygens (including phenoxy) is 2. The van der Waals surface area contributed by atoms with Gasteiger partial charge in [-0.05, 0) is 54.4 Å². The summed E-state index contributed by atoms with van der Waals surface area (Å²) >= 11 is 0. The molecule has 0 saturated heterocycles. The zero-order valence-corrected chi connectivity index (χ0v) is 23.3. The van der Waals surface area contributed by atoms with Crippen molar-refractivity contribution in [1.82, 2.24) is 0 Å². The molecule has 0 fully saturated rings. The van der Waals surface area contributed by atoms with Gasteiger partial charge in [-0.15, -0.1) is 6.54 Å². The Kier molecular flexibility index (Phi) is 11.8. The van der Waals surface area contributed by atoms with Gasteiger partial charge in [-0.3, -0.25) is 0 Å². The standard InChI is InChI=1S/C29H30N3O2.K/c30-19-6-20-33-27-17-13-23(14-18-27)21-31-32-26-15-11-24(12-16-26)22-34-29-10-5-4-9-28(29)25-7-2-1-3-8-25;/h1-5,7-18,32H,6,19-22,30H2;/q-1;+1. The van der Waals surface area contributed by atoms with Crippen molar-refractivity contribution in [1.29, 1.82) is 0 Å². The molecule has 0 amide bonds. The van der Waals surface area contributed by atoms with Crippen LogP contribution in [-0.4, -0.2) is 13.2 Å². The van der Waals surface area contributed by atoms with E-state index in [0.29, 0.717) is 26.3 Å². The molecule has 3 N–H and O–H groups in total. The maximum absolute atomic E-state index is 6.14. The normalized spacial score (nSPS) is 10.3. The van der Waals surface area contributed by atoms with Crippen LogP contribution in [0.4, 0.5) is 5.69 Å². The number of nitrogens with two attached hydrogens (primary N) is 1. The number of nitrogens with zero attached hydrogens (tertiary/aromatic N) is 1. The summed E-state index contributed by atoms with van der Waals surface area (Å²) in [6.45, 7) is 2.35. The largest absolute Gasteiger partial charge is 1.00 e. The monoisotopic (exact) mass is 491 g/mol. The van der Waals surface area contributed by atoms with Crippen LogP contribution < -0.4 is 72.0 Å². The Morgan fingerprint density at radius 3 is 2.14 bits per heavy atom.